The van der Waals surface area contributed by atoms with Crippen LogP contribution in [-0.2, 0) is 16.9 Å². The van der Waals surface area contributed by atoms with Crippen molar-refractivity contribution in [3.63, 3.8) is 0 Å². The maximum absolute atomic E-state index is 13.7. The van der Waals surface area contributed by atoms with E-state index in [4.69, 9.17) is 11.6 Å². The fourth-order valence-electron chi connectivity index (χ4n) is 3.63. The van der Waals surface area contributed by atoms with Crippen LogP contribution in [0.3, 0.4) is 0 Å². The van der Waals surface area contributed by atoms with Crippen LogP contribution in [0.5, 0.6) is 0 Å². The van der Waals surface area contributed by atoms with Gasteiger partial charge in [-0.05, 0) is 12.8 Å². The number of hydrogen-bond acceptors (Lipinski definition) is 4. The topological polar surface area (TPSA) is 72.3 Å². The second kappa shape index (κ2) is 5.35. The Morgan fingerprint density at radius 1 is 1.46 bits per heavy atom. The van der Waals surface area contributed by atoms with Crippen molar-refractivity contribution < 1.29 is 26.4 Å². The number of aromatic nitrogens is 2. The molecule has 0 saturated carbocycles. The van der Waals surface area contributed by atoms with Gasteiger partial charge in [0.25, 0.3) is 5.91 Å². The Morgan fingerprint density at radius 2 is 2.12 bits per heavy atom. The van der Waals surface area contributed by atoms with Crippen molar-refractivity contribution in [2.75, 3.05) is 18.8 Å². The van der Waals surface area contributed by atoms with E-state index in [2.05, 4.69) is 5.10 Å². The standard InChI is InChI=1S/C13H15ClF3N3O3S/c1-19-5-8(14)10(18-19)11(21)20-6-9-12(7-20,13(15,16)17)3-2-4-24(9,22)23/h5,9H,2-4,6-7H2,1H3/t9-,12-/m1/s1. The van der Waals surface area contributed by atoms with Gasteiger partial charge in [-0.3, -0.25) is 9.48 Å². The minimum absolute atomic E-state index is 0.0151. The van der Waals surface area contributed by atoms with E-state index in [0.717, 1.165) is 4.90 Å². The van der Waals surface area contributed by atoms with Crippen molar-refractivity contribution >= 4 is 27.3 Å². The molecular formula is C13H15ClF3N3O3S. The van der Waals surface area contributed by atoms with Crippen molar-refractivity contribution in [1.29, 1.82) is 0 Å². The molecule has 3 heterocycles. The monoisotopic (exact) mass is 385 g/mol. The van der Waals surface area contributed by atoms with Gasteiger partial charge in [0.15, 0.2) is 15.5 Å². The van der Waals surface area contributed by atoms with E-state index in [0.29, 0.717) is 0 Å². The van der Waals surface area contributed by atoms with Crippen LogP contribution in [0.1, 0.15) is 23.3 Å². The van der Waals surface area contributed by atoms with E-state index < -0.39 is 45.7 Å². The molecule has 3 rings (SSSR count). The summed E-state index contributed by atoms with van der Waals surface area (Å²) in [6.07, 6.45) is -3.73. The second-order valence-electron chi connectivity index (χ2n) is 6.30. The highest BCUT2D eigenvalue weighted by molar-refractivity contribution is 7.92. The van der Waals surface area contributed by atoms with Crippen molar-refractivity contribution in [2.24, 2.45) is 12.5 Å². The van der Waals surface area contributed by atoms with Crippen molar-refractivity contribution in [3.05, 3.63) is 16.9 Å². The Kier molecular flexibility index (Phi) is 3.91. The first kappa shape index (κ1) is 17.5. The molecule has 0 aromatic carbocycles. The number of nitrogens with zero attached hydrogens (tertiary/aromatic N) is 3. The van der Waals surface area contributed by atoms with Gasteiger partial charge in [-0.15, -0.1) is 0 Å². The average Bonchev–Trinajstić information content (AvgIpc) is 2.99. The van der Waals surface area contributed by atoms with Gasteiger partial charge >= 0.3 is 6.18 Å². The minimum atomic E-state index is -4.71. The number of carbonyl (C=O) groups is 1. The lowest BCUT2D eigenvalue weighted by Gasteiger charge is -2.39. The third-order valence-corrected chi connectivity index (χ3v) is 7.40. The van der Waals surface area contributed by atoms with Gasteiger partial charge in [-0.25, -0.2) is 8.42 Å². The minimum Gasteiger partial charge on any atom is -0.335 e. The molecule has 2 saturated heterocycles. The van der Waals surface area contributed by atoms with Gasteiger partial charge in [0, 0.05) is 26.3 Å². The first-order valence-corrected chi connectivity index (χ1v) is 9.34. The van der Waals surface area contributed by atoms with Crippen molar-refractivity contribution in [2.45, 2.75) is 24.3 Å². The molecule has 2 atom stereocenters. The number of alkyl halides is 3. The second-order valence-corrected chi connectivity index (χ2v) is 9.01. The van der Waals surface area contributed by atoms with Crippen LogP contribution in [0.4, 0.5) is 13.2 Å². The molecule has 2 fully saturated rings. The molecule has 0 radical (unpaired) electrons. The van der Waals surface area contributed by atoms with Crippen LogP contribution < -0.4 is 0 Å². The maximum Gasteiger partial charge on any atom is 0.397 e. The summed E-state index contributed by atoms with van der Waals surface area (Å²) in [5, 5.41) is 2.24. The summed E-state index contributed by atoms with van der Waals surface area (Å²) in [5.74, 6) is -1.07. The number of fused-ring (bicyclic) bond motifs is 1. The molecule has 134 valence electrons. The lowest BCUT2D eigenvalue weighted by atomic mass is 9.81. The zero-order chi connectivity index (χ0) is 17.9. The molecule has 2 aliphatic rings. The van der Waals surface area contributed by atoms with Crippen LogP contribution in [0.2, 0.25) is 5.02 Å². The number of amides is 1. The quantitative estimate of drug-likeness (QED) is 0.737. The van der Waals surface area contributed by atoms with Gasteiger partial charge in [0.05, 0.1) is 16.0 Å². The third-order valence-electron chi connectivity index (χ3n) is 4.80. The van der Waals surface area contributed by atoms with E-state index in [-0.39, 0.29) is 29.3 Å². The SMILES string of the molecule is Cn1cc(Cl)c(C(=O)N2C[C@@H]3[C@@](C(F)(F)F)(CCCS3(=O)=O)C2)n1. The summed E-state index contributed by atoms with van der Waals surface area (Å²) in [6, 6.07) is 0. The first-order chi connectivity index (χ1) is 11.0. The van der Waals surface area contributed by atoms with Gasteiger partial charge in [-0.2, -0.15) is 18.3 Å². The van der Waals surface area contributed by atoms with Crippen LogP contribution in [0, 0.1) is 5.41 Å². The molecule has 0 aliphatic carbocycles. The summed E-state index contributed by atoms with van der Waals surface area (Å²) in [6.45, 7) is -1.18. The zero-order valence-electron chi connectivity index (χ0n) is 12.7. The number of rotatable bonds is 1. The number of hydrogen-bond donors (Lipinski definition) is 0. The predicted molar refractivity (Wildman–Crippen MR) is 79.4 cm³/mol. The molecule has 6 nitrogen and oxygen atoms in total. The Bertz CT molecular complexity index is 792. The van der Waals surface area contributed by atoms with Crippen LogP contribution in [0.15, 0.2) is 6.20 Å². The molecule has 0 bridgehead atoms. The van der Waals surface area contributed by atoms with Gasteiger partial charge in [-0.1, -0.05) is 11.6 Å². The third kappa shape index (κ3) is 2.50. The summed E-state index contributed by atoms with van der Waals surface area (Å²) in [4.78, 5) is 13.4. The molecule has 0 spiro atoms. The van der Waals surface area contributed by atoms with E-state index in [1.54, 1.807) is 0 Å². The predicted octanol–water partition coefficient (Wildman–Crippen LogP) is 1.66. The maximum atomic E-state index is 13.7. The molecule has 1 aromatic heterocycles. The lowest BCUT2D eigenvalue weighted by molar-refractivity contribution is -0.220. The number of likely N-dealkylation sites (tertiary alicyclic amines) is 1. The molecule has 1 amide bonds. The van der Waals surface area contributed by atoms with E-state index in [9.17, 15) is 26.4 Å². The molecule has 0 unspecified atom stereocenters. The molecule has 2 aliphatic heterocycles. The number of sulfone groups is 1. The molecule has 11 heteroatoms. The molecule has 0 N–H and O–H groups in total. The van der Waals surface area contributed by atoms with Gasteiger partial charge in [0.2, 0.25) is 0 Å². The average molecular weight is 386 g/mol. The Hall–Kier alpha value is -1.29. The van der Waals surface area contributed by atoms with E-state index in [1.807, 2.05) is 0 Å². The zero-order valence-corrected chi connectivity index (χ0v) is 14.2. The van der Waals surface area contributed by atoms with Crippen LogP contribution >= 0.6 is 11.6 Å². The van der Waals surface area contributed by atoms with Gasteiger partial charge in [0.1, 0.15) is 5.41 Å². The molecular weight excluding hydrogens is 371 g/mol. The largest absolute Gasteiger partial charge is 0.397 e. The number of aryl methyl sites for hydroxylation is 1. The highest BCUT2D eigenvalue weighted by Gasteiger charge is 2.68. The number of halogens is 4. The normalized spacial score (nSPS) is 29.5. The Balaban J connectivity index is 2.00. The highest BCUT2D eigenvalue weighted by atomic mass is 35.5. The lowest BCUT2D eigenvalue weighted by Crippen LogP contribution is -2.53. The Morgan fingerprint density at radius 3 is 2.62 bits per heavy atom. The summed E-state index contributed by atoms with van der Waals surface area (Å²) in [7, 11) is -2.41. The molecule has 24 heavy (non-hydrogen) atoms. The smallest absolute Gasteiger partial charge is 0.335 e. The summed E-state index contributed by atoms with van der Waals surface area (Å²) < 4.78 is 66.8. The van der Waals surface area contributed by atoms with E-state index in [1.165, 1.54) is 17.9 Å². The van der Waals surface area contributed by atoms with Gasteiger partial charge < -0.3 is 4.90 Å². The molecule has 1 aromatic rings. The van der Waals surface area contributed by atoms with Crippen LogP contribution in [0.25, 0.3) is 0 Å². The highest BCUT2D eigenvalue weighted by Crippen LogP contribution is 2.53. The summed E-state index contributed by atoms with van der Waals surface area (Å²) >= 11 is 5.88. The van der Waals surface area contributed by atoms with Crippen molar-refractivity contribution in [1.82, 2.24) is 14.7 Å². The fraction of sp³-hybridized carbons (Fsp3) is 0.692. The Labute approximate surface area is 141 Å². The van der Waals surface area contributed by atoms with E-state index >= 15 is 0 Å². The summed E-state index contributed by atoms with van der Waals surface area (Å²) in [5.41, 5.74) is -2.59. The number of carbonyl (C=O) groups excluding carboxylic acids is 1. The van der Waals surface area contributed by atoms with Crippen molar-refractivity contribution in [3.8, 4) is 0 Å². The first-order valence-electron chi connectivity index (χ1n) is 7.25. The fourth-order valence-corrected chi connectivity index (χ4v) is 6.14. The van der Waals surface area contributed by atoms with Crippen LogP contribution in [-0.4, -0.2) is 59.3 Å².